The maximum absolute atomic E-state index is 12.8. The topological polar surface area (TPSA) is 66.4 Å². The highest BCUT2D eigenvalue weighted by Gasteiger charge is 2.36. The minimum Gasteiger partial charge on any atom is -0.480 e. The van der Waals surface area contributed by atoms with Crippen LogP contribution in [0.5, 0.6) is 0 Å². The van der Waals surface area contributed by atoms with Gasteiger partial charge in [0.15, 0.2) is 0 Å². The molecule has 92 valence electrons. The monoisotopic (exact) mass is 239 g/mol. The van der Waals surface area contributed by atoms with Crippen molar-refractivity contribution in [1.82, 2.24) is 0 Å². The largest absolute Gasteiger partial charge is 0.480 e. The van der Waals surface area contributed by atoms with Gasteiger partial charge >= 0.3 is 5.97 Å². The van der Waals surface area contributed by atoms with Gasteiger partial charge in [0.1, 0.15) is 11.2 Å². The first-order valence-electron chi connectivity index (χ1n) is 5.06. The minimum absolute atomic E-state index is 0.405. The van der Waals surface area contributed by atoms with E-state index in [0.717, 1.165) is 0 Å². The molecule has 0 heterocycles. The van der Waals surface area contributed by atoms with E-state index in [4.69, 9.17) is 5.11 Å². The fourth-order valence-corrected chi connectivity index (χ4v) is 1.14. The van der Waals surface area contributed by atoms with E-state index in [2.05, 4.69) is 5.32 Å². The number of anilines is 1. The third kappa shape index (κ3) is 2.81. The number of carboxylic acids is 1. The molecule has 0 aliphatic heterocycles. The van der Waals surface area contributed by atoms with Crippen molar-refractivity contribution in [3.05, 3.63) is 29.6 Å². The van der Waals surface area contributed by atoms with Crippen LogP contribution in [0, 0.1) is 18.2 Å². The lowest BCUT2D eigenvalue weighted by atomic mass is 9.92. The Bertz CT molecular complexity index is 469. The Kier molecular flexibility index (Phi) is 3.50. The lowest BCUT2D eigenvalue weighted by Crippen LogP contribution is -2.38. The van der Waals surface area contributed by atoms with Crippen molar-refractivity contribution in [3.8, 4) is 0 Å². The van der Waals surface area contributed by atoms with Crippen molar-refractivity contribution in [2.75, 3.05) is 5.32 Å². The highest BCUT2D eigenvalue weighted by molar-refractivity contribution is 6.07. The van der Waals surface area contributed by atoms with Crippen LogP contribution in [0.2, 0.25) is 0 Å². The Morgan fingerprint density at radius 1 is 1.35 bits per heavy atom. The molecule has 0 saturated heterocycles. The zero-order valence-corrected chi connectivity index (χ0v) is 9.87. The first-order chi connectivity index (χ1) is 7.75. The van der Waals surface area contributed by atoms with Crippen LogP contribution >= 0.6 is 0 Å². The number of nitrogens with one attached hydrogen (secondary N) is 1. The van der Waals surface area contributed by atoms with Gasteiger partial charge in [0.05, 0.1) is 0 Å². The Balaban J connectivity index is 2.92. The lowest BCUT2D eigenvalue weighted by molar-refractivity contribution is -0.151. The fourth-order valence-electron chi connectivity index (χ4n) is 1.14. The standard InChI is InChI=1S/C12H14FNO3/c1-7-6-8(13)4-5-9(7)14-10(15)12(2,3)11(16)17/h4-6H,1-3H3,(H,14,15)(H,16,17). The summed E-state index contributed by atoms with van der Waals surface area (Å²) in [4.78, 5) is 22.6. The summed E-state index contributed by atoms with van der Waals surface area (Å²) in [7, 11) is 0. The van der Waals surface area contributed by atoms with E-state index < -0.39 is 23.1 Å². The summed E-state index contributed by atoms with van der Waals surface area (Å²) in [6.07, 6.45) is 0. The number of rotatable bonds is 3. The molecule has 0 saturated carbocycles. The third-order valence-electron chi connectivity index (χ3n) is 2.54. The zero-order valence-electron chi connectivity index (χ0n) is 9.87. The van der Waals surface area contributed by atoms with Crippen molar-refractivity contribution < 1.29 is 19.1 Å². The molecule has 0 aromatic heterocycles. The molecule has 0 unspecified atom stereocenters. The molecule has 1 aromatic rings. The number of amides is 1. The smallest absolute Gasteiger partial charge is 0.318 e. The van der Waals surface area contributed by atoms with Gasteiger partial charge in [-0.05, 0) is 44.5 Å². The van der Waals surface area contributed by atoms with Crippen LogP contribution < -0.4 is 5.32 Å². The Morgan fingerprint density at radius 3 is 2.41 bits per heavy atom. The molecule has 0 aliphatic carbocycles. The van der Waals surface area contributed by atoms with Gasteiger partial charge in [0.2, 0.25) is 5.91 Å². The van der Waals surface area contributed by atoms with Gasteiger partial charge in [0.25, 0.3) is 0 Å². The van der Waals surface area contributed by atoms with Gasteiger partial charge in [-0.15, -0.1) is 0 Å². The molecular weight excluding hydrogens is 225 g/mol. The number of aliphatic carboxylic acids is 1. The van der Waals surface area contributed by atoms with Gasteiger partial charge in [-0.1, -0.05) is 0 Å². The number of hydrogen-bond donors (Lipinski definition) is 2. The van der Waals surface area contributed by atoms with Crippen LogP contribution in [0.4, 0.5) is 10.1 Å². The second kappa shape index (κ2) is 4.53. The molecule has 17 heavy (non-hydrogen) atoms. The summed E-state index contributed by atoms with van der Waals surface area (Å²) in [6.45, 7) is 4.25. The van der Waals surface area contributed by atoms with Gasteiger partial charge < -0.3 is 10.4 Å². The number of hydrogen-bond acceptors (Lipinski definition) is 2. The van der Waals surface area contributed by atoms with Gasteiger partial charge in [-0.25, -0.2) is 4.39 Å². The van der Waals surface area contributed by atoms with Gasteiger partial charge in [0, 0.05) is 5.69 Å². The van der Waals surface area contributed by atoms with Crippen LogP contribution in [0.1, 0.15) is 19.4 Å². The van der Waals surface area contributed by atoms with Crippen molar-refractivity contribution >= 4 is 17.6 Å². The molecule has 5 heteroatoms. The molecule has 0 atom stereocenters. The Hall–Kier alpha value is -1.91. The highest BCUT2D eigenvalue weighted by atomic mass is 19.1. The van der Waals surface area contributed by atoms with E-state index in [9.17, 15) is 14.0 Å². The normalized spacial score (nSPS) is 11.1. The second-order valence-electron chi connectivity index (χ2n) is 4.34. The van der Waals surface area contributed by atoms with E-state index in [1.165, 1.54) is 32.0 Å². The summed E-state index contributed by atoms with van der Waals surface area (Å²) >= 11 is 0. The van der Waals surface area contributed by atoms with Crippen LogP contribution in [-0.4, -0.2) is 17.0 Å². The molecule has 0 radical (unpaired) electrons. The number of carbonyl (C=O) groups excluding carboxylic acids is 1. The highest BCUT2D eigenvalue weighted by Crippen LogP contribution is 2.21. The Morgan fingerprint density at radius 2 is 1.94 bits per heavy atom. The van der Waals surface area contributed by atoms with Crippen molar-refractivity contribution in [2.45, 2.75) is 20.8 Å². The van der Waals surface area contributed by atoms with Gasteiger partial charge in [-0.2, -0.15) is 0 Å². The quantitative estimate of drug-likeness (QED) is 0.794. The predicted molar refractivity (Wildman–Crippen MR) is 61.2 cm³/mol. The molecule has 2 N–H and O–H groups in total. The second-order valence-corrected chi connectivity index (χ2v) is 4.34. The maximum Gasteiger partial charge on any atom is 0.318 e. The van der Waals surface area contributed by atoms with Crippen LogP contribution in [0.15, 0.2) is 18.2 Å². The maximum atomic E-state index is 12.8. The molecule has 0 aliphatic rings. The number of carboxylic acid groups (broad SMARTS) is 1. The van der Waals surface area contributed by atoms with E-state index in [0.29, 0.717) is 11.3 Å². The van der Waals surface area contributed by atoms with Crippen molar-refractivity contribution in [1.29, 1.82) is 0 Å². The van der Waals surface area contributed by atoms with Crippen LogP contribution in [-0.2, 0) is 9.59 Å². The molecule has 1 rings (SSSR count). The molecule has 0 spiro atoms. The molecular formula is C12H14FNO3. The van der Waals surface area contributed by atoms with Crippen LogP contribution in [0.25, 0.3) is 0 Å². The molecule has 1 aromatic carbocycles. The van der Waals surface area contributed by atoms with E-state index >= 15 is 0 Å². The zero-order chi connectivity index (χ0) is 13.2. The van der Waals surface area contributed by atoms with Crippen molar-refractivity contribution in [3.63, 3.8) is 0 Å². The van der Waals surface area contributed by atoms with E-state index in [1.54, 1.807) is 6.92 Å². The number of carbonyl (C=O) groups is 2. The summed E-state index contributed by atoms with van der Waals surface area (Å²) in [5.74, 6) is -2.26. The number of benzene rings is 1. The molecule has 0 fully saturated rings. The number of aryl methyl sites for hydroxylation is 1. The molecule has 1 amide bonds. The van der Waals surface area contributed by atoms with Crippen molar-refractivity contribution in [2.24, 2.45) is 5.41 Å². The summed E-state index contributed by atoms with van der Waals surface area (Å²) in [5, 5.41) is 11.4. The first kappa shape index (κ1) is 13.2. The lowest BCUT2D eigenvalue weighted by Gasteiger charge is -2.19. The predicted octanol–water partition coefficient (Wildman–Crippen LogP) is 2.18. The van der Waals surface area contributed by atoms with E-state index in [1.807, 2.05) is 0 Å². The number of halogens is 1. The van der Waals surface area contributed by atoms with Crippen LogP contribution in [0.3, 0.4) is 0 Å². The summed E-state index contributed by atoms with van der Waals surface area (Å²) in [6, 6.07) is 3.88. The average Bonchev–Trinajstić information content (AvgIpc) is 2.21. The minimum atomic E-state index is -1.53. The Labute approximate surface area is 98.5 Å². The average molecular weight is 239 g/mol. The van der Waals surface area contributed by atoms with Gasteiger partial charge in [-0.3, -0.25) is 9.59 Å². The fraction of sp³-hybridized carbons (Fsp3) is 0.333. The summed E-state index contributed by atoms with van der Waals surface area (Å²) < 4.78 is 12.8. The molecule has 4 nitrogen and oxygen atoms in total. The summed E-state index contributed by atoms with van der Waals surface area (Å²) in [5.41, 5.74) is -0.578. The first-order valence-corrected chi connectivity index (χ1v) is 5.06. The molecule has 0 bridgehead atoms. The SMILES string of the molecule is Cc1cc(F)ccc1NC(=O)C(C)(C)C(=O)O. The van der Waals surface area contributed by atoms with E-state index in [-0.39, 0.29) is 0 Å². The third-order valence-corrected chi connectivity index (χ3v) is 2.54.